The van der Waals surface area contributed by atoms with Crippen molar-refractivity contribution in [2.75, 3.05) is 13.7 Å². The number of aliphatic carboxylic acids is 1. The van der Waals surface area contributed by atoms with Gasteiger partial charge in [0.05, 0.1) is 5.60 Å². The van der Waals surface area contributed by atoms with Crippen LogP contribution in [-0.4, -0.2) is 36.2 Å². The maximum Gasteiger partial charge on any atom is 0.319 e. The molecule has 0 radical (unpaired) electrons. The quantitative estimate of drug-likeness (QED) is 0.683. The first-order valence-corrected chi connectivity index (χ1v) is 5.41. The van der Waals surface area contributed by atoms with Gasteiger partial charge in [-0.1, -0.05) is 6.42 Å². The molecule has 2 N–H and O–H groups in total. The maximum absolute atomic E-state index is 11.8. The van der Waals surface area contributed by atoms with E-state index in [1.165, 1.54) is 0 Å². The first-order valence-electron chi connectivity index (χ1n) is 5.41. The summed E-state index contributed by atoms with van der Waals surface area (Å²) in [6.45, 7) is 3.99. The molecule has 0 aromatic carbocycles. The molecular weight excluding hydrogens is 210 g/mol. The molecule has 0 aromatic heterocycles. The number of hydrogen-bond acceptors (Lipinski definition) is 3. The van der Waals surface area contributed by atoms with Crippen LogP contribution in [0.1, 0.15) is 33.1 Å². The highest BCUT2D eigenvalue weighted by molar-refractivity contribution is 6.02. The van der Waals surface area contributed by atoms with Crippen molar-refractivity contribution in [2.45, 2.75) is 38.7 Å². The third kappa shape index (κ3) is 2.35. The Kier molecular flexibility index (Phi) is 3.57. The van der Waals surface area contributed by atoms with Gasteiger partial charge in [-0.2, -0.15) is 0 Å². The fourth-order valence-electron chi connectivity index (χ4n) is 1.60. The van der Waals surface area contributed by atoms with E-state index < -0.39 is 22.9 Å². The van der Waals surface area contributed by atoms with Crippen LogP contribution in [0.15, 0.2) is 0 Å². The summed E-state index contributed by atoms with van der Waals surface area (Å²) >= 11 is 0. The molecule has 1 amide bonds. The highest BCUT2D eigenvalue weighted by atomic mass is 16.5. The van der Waals surface area contributed by atoms with Crippen LogP contribution in [0.3, 0.4) is 0 Å². The van der Waals surface area contributed by atoms with Crippen molar-refractivity contribution in [2.24, 2.45) is 5.41 Å². The summed E-state index contributed by atoms with van der Waals surface area (Å²) in [6.07, 6.45) is 1.66. The van der Waals surface area contributed by atoms with Gasteiger partial charge in [0, 0.05) is 13.7 Å². The number of carbonyl (C=O) groups excluding carboxylic acids is 1. The molecule has 1 aliphatic rings. The Morgan fingerprint density at radius 3 is 2.31 bits per heavy atom. The predicted molar refractivity (Wildman–Crippen MR) is 58.0 cm³/mol. The lowest BCUT2D eigenvalue weighted by Crippen LogP contribution is -2.53. The summed E-state index contributed by atoms with van der Waals surface area (Å²) in [7, 11) is 1.56. The van der Waals surface area contributed by atoms with Crippen LogP contribution in [-0.2, 0) is 14.3 Å². The molecule has 0 unspecified atom stereocenters. The Morgan fingerprint density at radius 2 is 2.00 bits per heavy atom. The van der Waals surface area contributed by atoms with E-state index in [0.29, 0.717) is 19.4 Å². The average Bonchev–Trinajstić information content (AvgIpc) is 2.12. The second-order valence-corrected chi connectivity index (χ2v) is 4.89. The van der Waals surface area contributed by atoms with Crippen LogP contribution in [0.5, 0.6) is 0 Å². The average molecular weight is 229 g/mol. The van der Waals surface area contributed by atoms with Crippen molar-refractivity contribution in [3.63, 3.8) is 0 Å². The van der Waals surface area contributed by atoms with Crippen molar-refractivity contribution in [1.29, 1.82) is 0 Å². The van der Waals surface area contributed by atoms with Crippen molar-refractivity contribution < 1.29 is 19.4 Å². The van der Waals surface area contributed by atoms with Gasteiger partial charge in [-0.3, -0.25) is 9.59 Å². The van der Waals surface area contributed by atoms with Gasteiger partial charge in [0.25, 0.3) is 0 Å². The Bertz CT molecular complexity index is 294. The summed E-state index contributed by atoms with van der Waals surface area (Å²) in [5.74, 6) is -1.41. The van der Waals surface area contributed by atoms with Gasteiger partial charge in [-0.25, -0.2) is 0 Å². The van der Waals surface area contributed by atoms with Crippen molar-refractivity contribution in [1.82, 2.24) is 5.32 Å². The van der Waals surface area contributed by atoms with E-state index >= 15 is 0 Å². The third-order valence-electron chi connectivity index (χ3n) is 3.28. The zero-order valence-electron chi connectivity index (χ0n) is 10.0. The van der Waals surface area contributed by atoms with Gasteiger partial charge in [0.2, 0.25) is 5.91 Å². The summed E-state index contributed by atoms with van der Waals surface area (Å²) in [5, 5.41) is 11.7. The standard InChI is InChI=1S/C11H19NO4/c1-10(2,16-3)7-12-8(13)11(9(14)15)5-4-6-11/h4-7H2,1-3H3,(H,12,13)(H,14,15). The molecule has 0 aliphatic heterocycles. The smallest absolute Gasteiger partial charge is 0.319 e. The number of rotatable bonds is 5. The van der Waals surface area contributed by atoms with Crippen molar-refractivity contribution in [3.8, 4) is 0 Å². The Morgan fingerprint density at radius 1 is 1.44 bits per heavy atom. The Hall–Kier alpha value is -1.10. The number of hydrogen-bond donors (Lipinski definition) is 2. The van der Waals surface area contributed by atoms with Crippen LogP contribution >= 0.6 is 0 Å². The molecule has 16 heavy (non-hydrogen) atoms. The van der Waals surface area contributed by atoms with Crippen LogP contribution in [0.2, 0.25) is 0 Å². The normalized spacial score (nSPS) is 18.7. The van der Waals surface area contributed by atoms with E-state index in [1.807, 2.05) is 13.8 Å². The first-order chi connectivity index (χ1) is 7.34. The van der Waals surface area contributed by atoms with E-state index in [0.717, 1.165) is 6.42 Å². The molecular formula is C11H19NO4. The molecule has 1 rings (SSSR count). The van der Waals surface area contributed by atoms with Crippen LogP contribution in [0.4, 0.5) is 0 Å². The molecule has 0 spiro atoms. The molecule has 1 aliphatic carbocycles. The van der Waals surface area contributed by atoms with Crippen LogP contribution < -0.4 is 5.32 Å². The molecule has 1 saturated carbocycles. The largest absolute Gasteiger partial charge is 0.480 e. The van der Waals surface area contributed by atoms with E-state index in [-0.39, 0.29) is 0 Å². The lowest BCUT2D eigenvalue weighted by Gasteiger charge is -2.36. The molecule has 0 atom stereocenters. The van der Waals surface area contributed by atoms with E-state index in [4.69, 9.17) is 9.84 Å². The van der Waals surface area contributed by atoms with E-state index in [2.05, 4.69) is 5.32 Å². The summed E-state index contributed by atoms with van der Waals surface area (Å²) < 4.78 is 5.15. The minimum absolute atomic E-state index is 0.317. The van der Waals surface area contributed by atoms with Crippen LogP contribution in [0.25, 0.3) is 0 Å². The van der Waals surface area contributed by atoms with Gasteiger partial charge >= 0.3 is 5.97 Å². The summed E-state index contributed by atoms with van der Waals surface area (Å²) in [6, 6.07) is 0. The number of amides is 1. The molecule has 0 saturated heterocycles. The van der Waals surface area contributed by atoms with Gasteiger partial charge in [-0.05, 0) is 26.7 Å². The minimum atomic E-state index is -1.19. The molecule has 0 bridgehead atoms. The Balaban J connectivity index is 2.55. The third-order valence-corrected chi connectivity index (χ3v) is 3.28. The lowest BCUT2D eigenvalue weighted by atomic mass is 9.68. The number of carboxylic acid groups (broad SMARTS) is 1. The van der Waals surface area contributed by atoms with Crippen LogP contribution in [0, 0.1) is 5.41 Å². The van der Waals surface area contributed by atoms with E-state index in [1.54, 1.807) is 7.11 Å². The van der Waals surface area contributed by atoms with Crippen molar-refractivity contribution >= 4 is 11.9 Å². The van der Waals surface area contributed by atoms with Gasteiger partial charge < -0.3 is 15.2 Å². The number of carboxylic acids is 1. The topological polar surface area (TPSA) is 75.6 Å². The fourth-order valence-corrected chi connectivity index (χ4v) is 1.60. The summed E-state index contributed by atoms with van der Waals surface area (Å²) in [5.41, 5.74) is -1.66. The SMILES string of the molecule is COC(C)(C)CNC(=O)C1(C(=O)O)CCC1. The fraction of sp³-hybridized carbons (Fsp3) is 0.818. The zero-order valence-corrected chi connectivity index (χ0v) is 10.0. The summed E-state index contributed by atoms with van der Waals surface area (Å²) in [4.78, 5) is 22.9. The number of carbonyl (C=O) groups is 2. The number of ether oxygens (including phenoxy) is 1. The second-order valence-electron chi connectivity index (χ2n) is 4.89. The molecule has 5 heteroatoms. The molecule has 5 nitrogen and oxygen atoms in total. The van der Waals surface area contributed by atoms with Gasteiger partial charge in [0.15, 0.2) is 0 Å². The molecule has 92 valence electrons. The van der Waals surface area contributed by atoms with Gasteiger partial charge in [-0.15, -0.1) is 0 Å². The minimum Gasteiger partial charge on any atom is -0.480 e. The lowest BCUT2D eigenvalue weighted by molar-refractivity contribution is -0.162. The zero-order chi connectivity index (χ0) is 12.4. The second kappa shape index (κ2) is 4.41. The highest BCUT2D eigenvalue weighted by Gasteiger charge is 2.51. The molecule has 0 aromatic rings. The Labute approximate surface area is 95.2 Å². The van der Waals surface area contributed by atoms with Crippen molar-refractivity contribution in [3.05, 3.63) is 0 Å². The molecule has 1 fully saturated rings. The predicted octanol–water partition coefficient (Wildman–Crippen LogP) is 0.782. The highest BCUT2D eigenvalue weighted by Crippen LogP contribution is 2.41. The van der Waals surface area contributed by atoms with Gasteiger partial charge in [0.1, 0.15) is 5.41 Å². The first kappa shape index (κ1) is 13.0. The maximum atomic E-state index is 11.8. The molecule has 0 heterocycles. The monoisotopic (exact) mass is 229 g/mol. The van der Waals surface area contributed by atoms with E-state index in [9.17, 15) is 9.59 Å². The number of methoxy groups -OCH3 is 1. The number of nitrogens with one attached hydrogen (secondary N) is 1.